The fourth-order valence-corrected chi connectivity index (χ4v) is 4.71. The summed E-state index contributed by atoms with van der Waals surface area (Å²) >= 11 is 11.8. The Morgan fingerprint density at radius 3 is 2.29 bits per heavy atom. The minimum Gasteiger partial charge on any atom is -0.492 e. The van der Waals surface area contributed by atoms with Crippen molar-refractivity contribution in [2.75, 3.05) is 39.3 Å². The third-order valence-corrected chi connectivity index (χ3v) is 7.15. The van der Waals surface area contributed by atoms with Gasteiger partial charge in [0.25, 0.3) is 0 Å². The fourth-order valence-electron chi connectivity index (χ4n) is 2.90. The fraction of sp³-hybridized carbons (Fsp3) is 0.316. The molecule has 0 unspecified atom stereocenters. The number of halogens is 2. The molecule has 1 aliphatic rings. The molecule has 0 atom stereocenters. The van der Waals surface area contributed by atoms with Crippen molar-refractivity contribution in [3.8, 4) is 11.8 Å². The summed E-state index contributed by atoms with van der Waals surface area (Å²) in [6.07, 6.45) is 0. The number of hydrogen-bond donors (Lipinski definition) is 0. The normalized spacial score (nSPS) is 15.9. The van der Waals surface area contributed by atoms with Gasteiger partial charge in [0, 0.05) is 32.7 Å². The molecular weight excluding hydrogens is 421 g/mol. The molecule has 1 heterocycles. The molecule has 28 heavy (non-hydrogen) atoms. The summed E-state index contributed by atoms with van der Waals surface area (Å²) in [7, 11) is -3.59. The van der Waals surface area contributed by atoms with Crippen molar-refractivity contribution in [2.24, 2.45) is 0 Å². The second-order valence-corrected chi connectivity index (χ2v) is 9.06. The van der Waals surface area contributed by atoms with Crippen molar-refractivity contribution >= 4 is 33.2 Å². The molecule has 1 saturated heterocycles. The molecule has 3 rings (SSSR count). The Kier molecular flexibility index (Phi) is 6.81. The van der Waals surface area contributed by atoms with E-state index in [0.717, 1.165) is 0 Å². The lowest BCUT2D eigenvalue weighted by Gasteiger charge is -2.33. The second-order valence-electron chi connectivity index (χ2n) is 6.31. The van der Waals surface area contributed by atoms with Gasteiger partial charge in [-0.1, -0.05) is 23.2 Å². The average Bonchev–Trinajstić information content (AvgIpc) is 2.71. The van der Waals surface area contributed by atoms with E-state index in [4.69, 9.17) is 33.2 Å². The Morgan fingerprint density at radius 1 is 1.00 bits per heavy atom. The lowest BCUT2D eigenvalue weighted by atomic mass is 10.2. The Labute approximate surface area is 174 Å². The van der Waals surface area contributed by atoms with E-state index in [-0.39, 0.29) is 9.92 Å². The Bertz CT molecular complexity index is 967. The van der Waals surface area contributed by atoms with Crippen LogP contribution in [0.15, 0.2) is 47.4 Å². The Hall–Kier alpha value is -1.82. The average molecular weight is 440 g/mol. The third-order valence-electron chi connectivity index (χ3n) is 4.52. The van der Waals surface area contributed by atoms with E-state index in [1.165, 1.54) is 22.5 Å². The van der Waals surface area contributed by atoms with Crippen LogP contribution < -0.4 is 4.74 Å². The van der Waals surface area contributed by atoms with Gasteiger partial charge >= 0.3 is 0 Å². The maximum absolute atomic E-state index is 12.8. The maximum atomic E-state index is 12.8. The van der Waals surface area contributed by atoms with Crippen molar-refractivity contribution < 1.29 is 13.2 Å². The number of benzene rings is 2. The van der Waals surface area contributed by atoms with Gasteiger partial charge in [-0.25, -0.2) is 8.42 Å². The second kappa shape index (κ2) is 9.12. The summed E-state index contributed by atoms with van der Waals surface area (Å²) in [5, 5.41) is 9.35. The lowest BCUT2D eigenvalue weighted by Crippen LogP contribution is -2.49. The number of piperazine rings is 1. The molecule has 9 heteroatoms. The molecule has 2 aromatic carbocycles. The molecule has 0 bridgehead atoms. The summed E-state index contributed by atoms with van der Waals surface area (Å²) in [6.45, 7) is 3.24. The highest BCUT2D eigenvalue weighted by Gasteiger charge is 2.28. The highest BCUT2D eigenvalue weighted by Crippen LogP contribution is 2.27. The van der Waals surface area contributed by atoms with Gasteiger partial charge in [0.2, 0.25) is 10.0 Å². The van der Waals surface area contributed by atoms with E-state index >= 15 is 0 Å². The van der Waals surface area contributed by atoms with E-state index in [2.05, 4.69) is 11.0 Å². The molecule has 0 aliphatic carbocycles. The molecule has 0 radical (unpaired) electrons. The summed E-state index contributed by atoms with van der Waals surface area (Å²) in [5.41, 5.74) is 0.589. The number of sulfonamides is 1. The van der Waals surface area contributed by atoms with Gasteiger partial charge in [-0.05, 0) is 42.5 Å². The molecule has 0 saturated carbocycles. The smallest absolute Gasteiger partial charge is 0.243 e. The predicted molar refractivity (Wildman–Crippen MR) is 108 cm³/mol. The molecule has 1 aliphatic heterocycles. The zero-order valence-corrected chi connectivity index (χ0v) is 17.3. The number of rotatable bonds is 6. The monoisotopic (exact) mass is 439 g/mol. The first kappa shape index (κ1) is 20.9. The third kappa shape index (κ3) is 4.96. The van der Waals surface area contributed by atoms with Crippen molar-refractivity contribution in [3.63, 3.8) is 0 Å². The molecule has 1 fully saturated rings. The topological polar surface area (TPSA) is 73.6 Å². The first-order valence-corrected chi connectivity index (χ1v) is 10.9. The van der Waals surface area contributed by atoms with Gasteiger partial charge in [-0.15, -0.1) is 0 Å². The Balaban J connectivity index is 1.49. The van der Waals surface area contributed by atoms with Crippen LogP contribution in [0.1, 0.15) is 5.56 Å². The van der Waals surface area contributed by atoms with Gasteiger partial charge in [-0.3, -0.25) is 4.90 Å². The summed E-state index contributed by atoms with van der Waals surface area (Å²) in [6, 6.07) is 13.4. The molecule has 148 valence electrons. The highest BCUT2D eigenvalue weighted by atomic mass is 35.5. The molecule has 2 aromatic rings. The van der Waals surface area contributed by atoms with Gasteiger partial charge in [-0.2, -0.15) is 9.57 Å². The van der Waals surface area contributed by atoms with Crippen molar-refractivity contribution in [3.05, 3.63) is 58.1 Å². The number of hydrogen-bond acceptors (Lipinski definition) is 5. The number of nitriles is 1. The van der Waals surface area contributed by atoms with Crippen LogP contribution in [-0.2, 0) is 10.0 Å². The van der Waals surface area contributed by atoms with Crippen molar-refractivity contribution in [2.45, 2.75) is 4.90 Å². The van der Waals surface area contributed by atoms with Crippen LogP contribution in [0, 0.1) is 11.3 Å². The van der Waals surface area contributed by atoms with E-state index < -0.39 is 10.0 Å². The molecular formula is C19H19Cl2N3O3S. The van der Waals surface area contributed by atoms with Gasteiger partial charge < -0.3 is 4.74 Å². The van der Waals surface area contributed by atoms with Crippen molar-refractivity contribution in [1.29, 1.82) is 5.26 Å². The van der Waals surface area contributed by atoms with E-state index in [1.54, 1.807) is 24.3 Å². The van der Waals surface area contributed by atoms with Crippen LogP contribution in [0.5, 0.6) is 5.75 Å². The quantitative estimate of drug-likeness (QED) is 0.690. The zero-order valence-electron chi connectivity index (χ0n) is 15.0. The van der Waals surface area contributed by atoms with Gasteiger partial charge in [0.15, 0.2) is 0 Å². The van der Waals surface area contributed by atoms with Crippen LogP contribution in [0.25, 0.3) is 0 Å². The van der Waals surface area contributed by atoms with Crippen LogP contribution in [0.2, 0.25) is 10.0 Å². The minimum absolute atomic E-state index is 0.152. The molecule has 6 nitrogen and oxygen atoms in total. The van der Waals surface area contributed by atoms with Gasteiger partial charge in [0.05, 0.1) is 26.6 Å². The van der Waals surface area contributed by atoms with Crippen LogP contribution in [0.3, 0.4) is 0 Å². The van der Waals surface area contributed by atoms with Gasteiger partial charge in [0.1, 0.15) is 12.4 Å². The predicted octanol–water partition coefficient (Wildman–Crippen LogP) is 3.25. The summed E-state index contributed by atoms with van der Waals surface area (Å²) in [5.74, 6) is 0.708. The van der Waals surface area contributed by atoms with Crippen LogP contribution in [0.4, 0.5) is 0 Å². The van der Waals surface area contributed by atoms with E-state index in [9.17, 15) is 8.42 Å². The van der Waals surface area contributed by atoms with Crippen LogP contribution in [-0.4, -0.2) is 57.0 Å². The standard InChI is InChI=1S/C19H19Cl2N3O3S/c20-18-6-5-17(13-19(18)21)28(25,26)24-9-7-23(8-10-24)11-12-27-16-3-1-15(14-22)2-4-16/h1-6,13H,7-12H2. The molecule has 0 spiro atoms. The first-order valence-electron chi connectivity index (χ1n) is 8.70. The van der Waals surface area contributed by atoms with E-state index in [1.807, 2.05) is 0 Å². The highest BCUT2D eigenvalue weighted by molar-refractivity contribution is 7.89. The summed E-state index contributed by atoms with van der Waals surface area (Å²) in [4.78, 5) is 2.31. The number of nitrogens with zero attached hydrogens (tertiary/aromatic N) is 3. The molecule has 0 N–H and O–H groups in total. The number of ether oxygens (including phenoxy) is 1. The minimum atomic E-state index is -3.59. The summed E-state index contributed by atoms with van der Waals surface area (Å²) < 4.78 is 32.7. The zero-order chi connectivity index (χ0) is 20.1. The molecule has 0 amide bonds. The van der Waals surface area contributed by atoms with Crippen LogP contribution >= 0.6 is 23.2 Å². The van der Waals surface area contributed by atoms with Crippen molar-refractivity contribution in [1.82, 2.24) is 9.21 Å². The largest absolute Gasteiger partial charge is 0.492 e. The van der Waals surface area contributed by atoms with E-state index in [0.29, 0.717) is 55.7 Å². The lowest BCUT2D eigenvalue weighted by molar-refractivity contribution is 0.159. The maximum Gasteiger partial charge on any atom is 0.243 e. The molecule has 0 aromatic heterocycles. The SMILES string of the molecule is N#Cc1ccc(OCCN2CCN(S(=O)(=O)c3ccc(Cl)c(Cl)c3)CC2)cc1. The first-order chi connectivity index (χ1) is 13.4. The Morgan fingerprint density at radius 2 is 1.68 bits per heavy atom.